The van der Waals surface area contributed by atoms with Crippen molar-refractivity contribution in [2.45, 2.75) is 33.2 Å². The van der Waals surface area contributed by atoms with Crippen molar-refractivity contribution in [3.05, 3.63) is 24.3 Å². The second kappa shape index (κ2) is 4.95. The summed E-state index contributed by atoms with van der Waals surface area (Å²) in [6.07, 6.45) is 7.23. The third-order valence-electron chi connectivity index (χ3n) is 2.71. The van der Waals surface area contributed by atoms with Crippen LogP contribution >= 0.6 is 0 Å². The highest BCUT2D eigenvalue weighted by Gasteiger charge is 2.11. The number of nitrogens with zero attached hydrogens (tertiary/aromatic N) is 4. The molecule has 0 atom stereocenters. The molecular formula is C12H17N5. The van der Waals surface area contributed by atoms with Crippen LogP contribution in [0.3, 0.4) is 0 Å². The molecule has 2 heterocycles. The van der Waals surface area contributed by atoms with Crippen molar-refractivity contribution >= 4 is 5.82 Å². The molecule has 0 aliphatic rings. The molecular weight excluding hydrogens is 214 g/mol. The molecule has 0 aliphatic heterocycles. The highest BCUT2D eigenvalue weighted by molar-refractivity contribution is 5.66. The summed E-state index contributed by atoms with van der Waals surface area (Å²) in [6, 6.07) is 0. The number of anilines is 1. The normalized spacial score (nSPS) is 10.7. The first-order valence-electron chi connectivity index (χ1n) is 5.88. The van der Waals surface area contributed by atoms with Gasteiger partial charge >= 0.3 is 0 Å². The maximum atomic E-state index is 5.91. The molecule has 0 fully saturated rings. The van der Waals surface area contributed by atoms with E-state index in [1.165, 1.54) is 6.33 Å². The molecule has 5 heteroatoms. The number of hydrogen-bond donors (Lipinski definition) is 1. The van der Waals surface area contributed by atoms with Gasteiger partial charge in [-0.3, -0.25) is 4.68 Å². The number of nitrogens with two attached hydrogens (primary N) is 1. The molecule has 0 saturated heterocycles. The largest absolute Gasteiger partial charge is 0.383 e. The molecule has 0 spiro atoms. The van der Waals surface area contributed by atoms with Crippen LogP contribution in [-0.4, -0.2) is 19.7 Å². The third-order valence-corrected chi connectivity index (χ3v) is 2.71. The summed E-state index contributed by atoms with van der Waals surface area (Å²) in [7, 11) is 0. The Morgan fingerprint density at radius 3 is 2.76 bits per heavy atom. The average Bonchev–Trinajstić information content (AvgIpc) is 2.80. The van der Waals surface area contributed by atoms with Gasteiger partial charge in [0.15, 0.2) is 0 Å². The van der Waals surface area contributed by atoms with Crippen LogP contribution in [0.5, 0.6) is 0 Å². The summed E-state index contributed by atoms with van der Waals surface area (Å²) in [5.41, 5.74) is 8.83. The van der Waals surface area contributed by atoms with Gasteiger partial charge in [-0.25, -0.2) is 9.97 Å². The Labute approximate surface area is 101 Å². The van der Waals surface area contributed by atoms with E-state index < -0.39 is 0 Å². The van der Waals surface area contributed by atoms with Crippen molar-refractivity contribution in [2.75, 3.05) is 5.73 Å². The summed E-state index contributed by atoms with van der Waals surface area (Å²) in [6.45, 7) is 5.02. The van der Waals surface area contributed by atoms with Gasteiger partial charge in [0, 0.05) is 23.9 Å². The zero-order valence-electron chi connectivity index (χ0n) is 10.2. The van der Waals surface area contributed by atoms with Gasteiger partial charge in [-0.1, -0.05) is 13.3 Å². The first-order valence-corrected chi connectivity index (χ1v) is 5.88. The zero-order valence-corrected chi connectivity index (χ0v) is 10.2. The number of hydrogen-bond acceptors (Lipinski definition) is 4. The van der Waals surface area contributed by atoms with Gasteiger partial charge in [-0.05, 0) is 13.3 Å². The standard InChI is InChI=1S/C12H17N5/c1-3-5-10-11(14-8-15-12(10)13)9-6-16-17(4-2)7-9/h6-8H,3-5H2,1-2H3,(H2,13,14,15). The van der Waals surface area contributed by atoms with Crippen LogP contribution in [0.4, 0.5) is 5.82 Å². The Morgan fingerprint density at radius 1 is 1.29 bits per heavy atom. The van der Waals surface area contributed by atoms with E-state index in [1.54, 1.807) is 0 Å². The van der Waals surface area contributed by atoms with Gasteiger partial charge in [0.2, 0.25) is 0 Å². The summed E-state index contributed by atoms with van der Waals surface area (Å²) in [4.78, 5) is 8.38. The second-order valence-electron chi connectivity index (χ2n) is 3.92. The van der Waals surface area contributed by atoms with Crippen molar-refractivity contribution in [1.82, 2.24) is 19.7 Å². The van der Waals surface area contributed by atoms with Crippen LogP contribution in [-0.2, 0) is 13.0 Å². The van der Waals surface area contributed by atoms with Crippen molar-refractivity contribution in [1.29, 1.82) is 0 Å². The van der Waals surface area contributed by atoms with E-state index in [-0.39, 0.29) is 0 Å². The summed E-state index contributed by atoms with van der Waals surface area (Å²) < 4.78 is 1.88. The molecule has 0 bridgehead atoms. The third kappa shape index (κ3) is 2.27. The summed E-state index contributed by atoms with van der Waals surface area (Å²) in [5.74, 6) is 0.570. The van der Waals surface area contributed by atoms with Crippen LogP contribution in [0.1, 0.15) is 25.8 Å². The minimum Gasteiger partial charge on any atom is -0.383 e. The molecule has 0 saturated carbocycles. The molecule has 90 valence electrons. The topological polar surface area (TPSA) is 69.6 Å². The summed E-state index contributed by atoms with van der Waals surface area (Å²) >= 11 is 0. The van der Waals surface area contributed by atoms with E-state index in [4.69, 9.17) is 5.73 Å². The molecule has 0 aromatic carbocycles. The molecule has 0 unspecified atom stereocenters. The van der Waals surface area contributed by atoms with E-state index in [1.807, 2.05) is 17.1 Å². The van der Waals surface area contributed by atoms with Crippen LogP contribution in [0.15, 0.2) is 18.7 Å². The smallest absolute Gasteiger partial charge is 0.130 e. The highest BCUT2D eigenvalue weighted by atomic mass is 15.3. The number of nitrogen functional groups attached to an aromatic ring is 1. The van der Waals surface area contributed by atoms with Gasteiger partial charge in [-0.15, -0.1) is 0 Å². The molecule has 0 amide bonds. The Kier molecular flexibility index (Phi) is 3.37. The first-order chi connectivity index (χ1) is 8.26. The maximum Gasteiger partial charge on any atom is 0.130 e. The Balaban J connectivity index is 2.46. The molecule has 5 nitrogen and oxygen atoms in total. The van der Waals surface area contributed by atoms with E-state index >= 15 is 0 Å². The lowest BCUT2D eigenvalue weighted by molar-refractivity contribution is 0.660. The molecule has 2 N–H and O–H groups in total. The first kappa shape index (κ1) is 11.6. The second-order valence-corrected chi connectivity index (χ2v) is 3.92. The van der Waals surface area contributed by atoms with Gasteiger partial charge in [0.1, 0.15) is 12.1 Å². The molecule has 17 heavy (non-hydrogen) atoms. The van der Waals surface area contributed by atoms with Gasteiger partial charge < -0.3 is 5.73 Å². The quantitative estimate of drug-likeness (QED) is 0.872. The predicted octanol–water partition coefficient (Wildman–Crippen LogP) is 1.89. The van der Waals surface area contributed by atoms with Crippen LogP contribution in [0.2, 0.25) is 0 Å². The molecule has 2 rings (SSSR count). The number of rotatable bonds is 4. The lowest BCUT2D eigenvalue weighted by Crippen LogP contribution is -2.02. The SMILES string of the molecule is CCCc1c(N)ncnc1-c1cnn(CC)c1. The number of aryl methyl sites for hydroxylation is 1. The maximum absolute atomic E-state index is 5.91. The number of aromatic nitrogens is 4. The lowest BCUT2D eigenvalue weighted by atomic mass is 10.1. The Bertz CT molecular complexity index is 503. The molecule has 2 aromatic heterocycles. The fourth-order valence-electron chi connectivity index (χ4n) is 1.83. The van der Waals surface area contributed by atoms with E-state index in [2.05, 4.69) is 28.9 Å². The van der Waals surface area contributed by atoms with Crippen molar-refractivity contribution in [3.8, 4) is 11.3 Å². The minimum absolute atomic E-state index is 0.570. The van der Waals surface area contributed by atoms with E-state index in [0.717, 1.165) is 36.2 Å². The van der Waals surface area contributed by atoms with Gasteiger partial charge in [-0.2, -0.15) is 5.10 Å². The van der Waals surface area contributed by atoms with Crippen molar-refractivity contribution < 1.29 is 0 Å². The van der Waals surface area contributed by atoms with Crippen LogP contribution < -0.4 is 5.73 Å². The van der Waals surface area contributed by atoms with Crippen LogP contribution in [0, 0.1) is 0 Å². The molecule has 0 radical (unpaired) electrons. The van der Waals surface area contributed by atoms with Crippen molar-refractivity contribution in [2.24, 2.45) is 0 Å². The van der Waals surface area contributed by atoms with E-state index in [0.29, 0.717) is 5.82 Å². The molecule has 2 aromatic rings. The molecule has 0 aliphatic carbocycles. The van der Waals surface area contributed by atoms with Crippen molar-refractivity contribution in [3.63, 3.8) is 0 Å². The highest BCUT2D eigenvalue weighted by Crippen LogP contribution is 2.24. The average molecular weight is 231 g/mol. The Hall–Kier alpha value is -1.91. The zero-order chi connectivity index (χ0) is 12.3. The predicted molar refractivity (Wildman–Crippen MR) is 67.3 cm³/mol. The fourth-order valence-corrected chi connectivity index (χ4v) is 1.83. The van der Waals surface area contributed by atoms with Gasteiger partial charge in [0.05, 0.1) is 11.9 Å². The van der Waals surface area contributed by atoms with E-state index in [9.17, 15) is 0 Å². The monoisotopic (exact) mass is 231 g/mol. The van der Waals surface area contributed by atoms with Crippen LogP contribution in [0.25, 0.3) is 11.3 Å². The Morgan fingerprint density at radius 2 is 2.12 bits per heavy atom. The minimum atomic E-state index is 0.570. The lowest BCUT2D eigenvalue weighted by Gasteiger charge is -2.07. The van der Waals surface area contributed by atoms with Gasteiger partial charge in [0.25, 0.3) is 0 Å². The fraction of sp³-hybridized carbons (Fsp3) is 0.417. The summed E-state index contributed by atoms with van der Waals surface area (Å²) in [5, 5.41) is 4.26.